The fourth-order valence-electron chi connectivity index (χ4n) is 1.31. The van der Waals surface area contributed by atoms with Gasteiger partial charge >= 0.3 is 0 Å². The van der Waals surface area contributed by atoms with E-state index in [1.165, 1.54) is 0 Å². The summed E-state index contributed by atoms with van der Waals surface area (Å²) in [5.41, 5.74) is 6.22. The van der Waals surface area contributed by atoms with Gasteiger partial charge < -0.3 is 16.4 Å². The molecule has 0 saturated heterocycles. The molecule has 0 unspecified atom stereocenters. The van der Waals surface area contributed by atoms with Gasteiger partial charge in [0, 0.05) is 19.3 Å². The summed E-state index contributed by atoms with van der Waals surface area (Å²) in [6.07, 6.45) is 3.88. The van der Waals surface area contributed by atoms with Crippen molar-refractivity contribution < 1.29 is 4.79 Å². The van der Waals surface area contributed by atoms with Crippen LogP contribution in [-0.4, -0.2) is 28.3 Å². The maximum Gasteiger partial charge on any atom is 0.239 e. The Bertz CT molecular complexity index is 369. The number of rotatable bonds is 4. The Labute approximate surface area is 87.8 Å². The molecule has 0 aromatic carbocycles. The minimum Gasteiger partial charge on any atom is -0.394 e. The molecule has 0 bridgehead atoms. The Morgan fingerprint density at radius 1 is 1.73 bits per heavy atom. The first kappa shape index (κ1) is 9.82. The van der Waals surface area contributed by atoms with Crippen LogP contribution in [0.25, 0.3) is 0 Å². The van der Waals surface area contributed by atoms with E-state index < -0.39 is 0 Å². The van der Waals surface area contributed by atoms with E-state index in [2.05, 4.69) is 15.7 Å². The first-order valence-electron chi connectivity index (χ1n) is 4.97. The number of nitrogens with two attached hydrogens (primary N) is 1. The van der Waals surface area contributed by atoms with Crippen molar-refractivity contribution in [1.29, 1.82) is 0 Å². The van der Waals surface area contributed by atoms with Crippen molar-refractivity contribution in [2.45, 2.75) is 18.9 Å². The molecular formula is C9H15N5O. The standard InChI is InChI=1S/C9H15N5O/c1-14-5-7(10)9(13-14)11-4-8(15)12-6-2-3-6/h5-6H,2-4,10H2,1H3,(H,11,13)(H,12,15). The average molecular weight is 209 g/mol. The number of hydrogen-bond donors (Lipinski definition) is 3. The minimum atomic E-state index is -0.0115. The molecule has 6 nitrogen and oxygen atoms in total. The van der Waals surface area contributed by atoms with E-state index in [-0.39, 0.29) is 12.5 Å². The van der Waals surface area contributed by atoms with Gasteiger partial charge in [0.05, 0.1) is 12.2 Å². The fraction of sp³-hybridized carbons (Fsp3) is 0.556. The van der Waals surface area contributed by atoms with Gasteiger partial charge in [-0.2, -0.15) is 5.10 Å². The third-order valence-corrected chi connectivity index (χ3v) is 2.22. The molecule has 0 spiro atoms. The molecule has 1 aromatic heterocycles. The zero-order valence-electron chi connectivity index (χ0n) is 8.66. The molecule has 1 fully saturated rings. The van der Waals surface area contributed by atoms with Crippen molar-refractivity contribution in [3.05, 3.63) is 6.20 Å². The van der Waals surface area contributed by atoms with Crippen molar-refractivity contribution in [3.63, 3.8) is 0 Å². The predicted molar refractivity (Wildman–Crippen MR) is 57.3 cm³/mol. The average Bonchev–Trinajstić information content (AvgIpc) is 2.89. The van der Waals surface area contributed by atoms with E-state index in [9.17, 15) is 4.79 Å². The lowest BCUT2D eigenvalue weighted by Crippen LogP contribution is -2.31. The Kier molecular flexibility index (Phi) is 2.49. The Morgan fingerprint density at radius 2 is 2.47 bits per heavy atom. The van der Waals surface area contributed by atoms with Gasteiger partial charge in [-0.25, -0.2) is 0 Å². The topological polar surface area (TPSA) is 85.0 Å². The maximum atomic E-state index is 11.3. The highest BCUT2D eigenvalue weighted by molar-refractivity contribution is 5.81. The summed E-state index contributed by atoms with van der Waals surface area (Å²) in [5.74, 6) is 0.547. The molecule has 82 valence electrons. The van der Waals surface area contributed by atoms with Gasteiger partial charge in [0.25, 0.3) is 0 Å². The summed E-state index contributed by atoms with van der Waals surface area (Å²) in [6.45, 7) is 0.220. The normalized spacial score (nSPS) is 15.0. The van der Waals surface area contributed by atoms with Gasteiger partial charge in [0.2, 0.25) is 5.91 Å². The summed E-state index contributed by atoms with van der Waals surface area (Å²) in [6, 6.07) is 0.389. The zero-order valence-corrected chi connectivity index (χ0v) is 8.66. The van der Waals surface area contributed by atoms with Gasteiger partial charge in [-0.3, -0.25) is 9.48 Å². The van der Waals surface area contributed by atoms with Crippen LogP contribution in [-0.2, 0) is 11.8 Å². The van der Waals surface area contributed by atoms with Crippen molar-refractivity contribution in [3.8, 4) is 0 Å². The van der Waals surface area contributed by atoms with Crippen LogP contribution < -0.4 is 16.4 Å². The molecule has 1 aliphatic carbocycles. The maximum absolute atomic E-state index is 11.3. The number of nitrogens with one attached hydrogen (secondary N) is 2. The lowest BCUT2D eigenvalue weighted by atomic mass is 10.5. The zero-order chi connectivity index (χ0) is 10.8. The summed E-state index contributed by atoms with van der Waals surface area (Å²) in [4.78, 5) is 11.3. The number of nitrogen functional groups attached to an aromatic ring is 1. The van der Waals surface area contributed by atoms with Gasteiger partial charge in [-0.15, -0.1) is 0 Å². The second kappa shape index (κ2) is 3.80. The highest BCUT2D eigenvalue weighted by Gasteiger charge is 2.22. The number of carbonyl (C=O) groups is 1. The monoisotopic (exact) mass is 209 g/mol. The number of aromatic nitrogens is 2. The van der Waals surface area contributed by atoms with Crippen LogP contribution in [0.4, 0.5) is 11.5 Å². The van der Waals surface area contributed by atoms with Crippen LogP contribution in [0.5, 0.6) is 0 Å². The molecule has 1 amide bonds. The minimum absolute atomic E-state index is 0.0115. The second-order valence-corrected chi connectivity index (χ2v) is 3.80. The van der Waals surface area contributed by atoms with E-state index in [4.69, 9.17) is 5.73 Å². The molecule has 1 saturated carbocycles. The SMILES string of the molecule is Cn1cc(N)c(NCC(=O)NC2CC2)n1. The van der Waals surface area contributed by atoms with Crippen LogP contribution in [0, 0.1) is 0 Å². The van der Waals surface area contributed by atoms with Gasteiger partial charge in [-0.1, -0.05) is 0 Å². The van der Waals surface area contributed by atoms with Crippen molar-refractivity contribution in [2.24, 2.45) is 7.05 Å². The molecule has 0 atom stereocenters. The molecule has 6 heteroatoms. The molecule has 2 rings (SSSR count). The van der Waals surface area contributed by atoms with Crippen LogP contribution in [0.2, 0.25) is 0 Å². The van der Waals surface area contributed by atoms with E-state index in [1.807, 2.05) is 0 Å². The van der Waals surface area contributed by atoms with E-state index in [0.29, 0.717) is 17.5 Å². The number of aryl methyl sites for hydroxylation is 1. The molecule has 4 N–H and O–H groups in total. The van der Waals surface area contributed by atoms with E-state index >= 15 is 0 Å². The first-order chi connectivity index (χ1) is 7.15. The van der Waals surface area contributed by atoms with Crippen LogP contribution >= 0.6 is 0 Å². The Morgan fingerprint density at radius 3 is 3.00 bits per heavy atom. The Hall–Kier alpha value is -1.72. The molecule has 1 heterocycles. The van der Waals surface area contributed by atoms with Crippen LogP contribution in [0.1, 0.15) is 12.8 Å². The van der Waals surface area contributed by atoms with Crippen LogP contribution in [0.15, 0.2) is 6.20 Å². The quantitative estimate of drug-likeness (QED) is 0.635. The smallest absolute Gasteiger partial charge is 0.239 e. The number of hydrogen-bond acceptors (Lipinski definition) is 4. The van der Waals surface area contributed by atoms with Crippen LogP contribution in [0.3, 0.4) is 0 Å². The van der Waals surface area contributed by atoms with Crippen molar-refractivity contribution >= 4 is 17.4 Å². The number of amides is 1. The molecular weight excluding hydrogens is 194 g/mol. The summed E-state index contributed by atoms with van der Waals surface area (Å²) in [7, 11) is 1.78. The van der Waals surface area contributed by atoms with Gasteiger partial charge in [-0.05, 0) is 12.8 Å². The Balaban J connectivity index is 1.81. The number of anilines is 2. The lowest BCUT2D eigenvalue weighted by molar-refractivity contribution is -0.119. The molecule has 1 aromatic rings. The highest BCUT2D eigenvalue weighted by atomic mass is 16.2. The van der Waals surface area contributed by atoms with E-state index in [1.54, 1.807) is 17.9 Å². The molecule has 0 aliphatic heterocycles. The predicted octanol–water partition coefficient (Wildman–Crippen LogP) is -0.307. The van der Waals surface area contributed by atoms with Gasteiger partial charge in [0.1, 0.15) is 0 Å². The molecule has 1 aliphatic rings. The third kappa shape index (κ3) is 2.61. The summed E-state index contributed by atoms with van der Waals surface area (Å²) < 4.78 is 1.61. The number of nitrogens with zero attached hydrogens (tertiary/aromatic N) is 2. The second-order valence-electron chi connectivity index (χ2n) is 3.80. The molecule has 0 radical (unpaired) electrons. The van der Waals surface area contributed by atoms with E-state index in [0.717, 1.165) is 12.8 Å². The van der Waals surface area contributed by atoms with Crippen molar-refractivity contribution in [2.75, 3.05) is 17.6 Å². The van der Waals surface area contributed by atoms with Gasteiger partial charge in [0.15, 0.2) is 5.82 Å². The lowest BCUT2D eigenvalue weighted by Gasteiger charge is -2.04. The fourth-order valence-corrected chi connectivity index (χ4v) is 1.31. The third-order valence-electron chi connectivity index (χ3n) is 2.22. The summed E-state index contributed by atoms with van der Waals surface area (Å²) in [5, 5.41) is 9.85. The largest absolute Gasteiger partial charge is 0.394 e. The highest BCUT2D eigenvalue weighted by Crippen LogP contribution is 2.18. The first-order valence-corrected chi connectivity index (χ1v) is 4.97. The summed E-state index contributed by atoms with van der Waals surface area (Å²) >= 11 is 0. The van der Waals surface area contributed by atoms with Crippen molar-refractivity contribution in [1.82, 2.24) is 15.1 Å². The molecule has 15 heavy (non-hydrogen) atoms. The number of carbonyl (C=O) groups excluding carboxylic acids is 1.